The molecule has 0 spiro atoms. The second-order valence-electron chi connectivity index (χ2n) is 4.11. The molecular formula is C14H15ClN2O. The smallest absolute Gasteiger partial charge is 0.115 e. The number of nitrogens with one attached hydrogen (secondary N) is 1. The van der Waals surface area contributed by atoms with Crippen LogP contribution < -0.4 is 5.32 Å². The van der Waals surface area contributed by atoms with Crippen LogP contribution in [0.4, 0.5) is 0 Å². The van der Waals surface area contributed by atoms with Crippen molar-refractivity contribution in [3.63, 3.8) is 0 Å². The number of hydrogen-bond donors (Lipinski definition) is 2. The van der Waals surface area contributed by atoms with Gasteiger partial charge in [-0.15, -0.1) is 0 Å². The third-order valence-corrected chi connectivity index (χ3v) is 3.06. The summed E-state index contributed by atoms with van der Waals surface area (Å²) in [5.74, 6) is 0.282. The molecule has 0 radical (unpaired) electrons. The van der Waals surface area contributed by atoms with Crippen LogP contribution in [0.2, 0.25) is 5.02 Å². The zero-order valence-corrected chi connectivity index (χ0v) is 10.9. The van der Waals surface area contributed by atoms with Gasteiger partial charge in [0.1, 0.15) is 5.75 Å². The molecule has 94 valence electrons. The lowest BCUT2D eigenvalue weighted by atomic mass is 10.0. The highest BCUT2D eigenvalue weighted by Gasteiger charge is 2.11. The van der Waals surface area contributed by atoms with Gasteiger partial charge < -0.3 is 10.4 Å². The highest BCUT2D eigenvalue weighted by atomic mass is 35.5. The molecule has 0 saturated heterocycles. The van der Waals surface area contributed by atoms with E-state index in [0.717, 1.165) is 17.7 Å². The average Bonchev–Trinajstić information content (AvgIpc) is 2.39. The van der Waals surface area contributed by atoms with E-state index in [1.807, 2.05) is 31.3 Å². The van der Waals surface area contributed by atoms with Gasteiger partial charge in [-0.1, -0.05) is 23.7 Å². The van der Waals surface area contributed by atoms with Gasteiger partial charge in [-0.25, -0.2) is 0 Å². The number of hydrogen-bond acceptors (Lipinski definition) is 3. The van der Waals surface area contributed by atoms with E-state index in [-0.39, 0.29) is 11.8 Å². The Kier molecular flexibility index (Phi) is 4.18. The Morgan fingerprint density at radius 1 is 1.22 bits per heavy atom. The standard InChI is InChI=1S/C14H15ClN2O/c1-16-14(13-7-4-11(15)9-17-13)8-10-2-5-12(18)6-3-10/h2-7,9,14,16,18H,8H2,1H3. The molecule has 1 atom stereocenters. The van der Waals surface area contributed by atoms with Crippen LogP contribution in [0.15, 0.2) is 42.6 Å². The Hall–Kier alpha value is -1.58. The predicted octanol–water partition coefficient (Wildman–Crippen LogP) is 2.94. The number of likely N-dealkylation sites (N-methyl/N-ethyl adjacent to an activating group) is 1. The van der Waals surface area contributed by atoms with Crippen molar-refractivity contribution in [2.75, 3.05) is 7.05 Å². The van der Waals surface area contributed by atoms with Crippen molar-refractivity contribution in [2.45, 2.75) is 12.5 Å². The molecule has 0 aliphatic rings. The fourth-order valence-corrected chi connectivity index (χ4v) is 1.93. The lowest BCUT2D eigenvalue weighted by Gasteiger charge is -2.15. The number of halogens is 1. The fourth-order valence-electron chi connectivity index (χ4n) is 1.82. The zero-order valence-electron chi connectivity index (χ0n) is 10.1. The SMILES string of the molecule is CNC(Cc1ccc(O)cc1)c1ccc(Cl)cn1. The van der Waals surface area contributed by atoms with Crippen molar-refractivity contribution in [3.8, 4) is 5.75 Å². The van der Waals surface area contributed by atoms with E-state index in [0.29, 0.717) is 5.02 Å². The third kappa shape index (κ3) is 3.22. The summed E-state index contributed by atoms with van der Waals surface area (Å²) < 4.78 is 0. The molecule has 2 rings (SSSR count). The maximum absolute atomic E-state index is 9.25. The molecule has 18 heavy (non-hydrogen) atoms. The van der Waals surface area contributed by atoms with Gasteiger partial charge in [0.2, 0.25) is 0 Å². The second-order valence-corrected chi connectivity index (χ2v) is 4.55. The molecule has 0 fully saturated rings. The number of benzene rings is 1. The molecule has 1 aromatic carbocycles. The monoisotopic (exact) mass is 262 g/mol. The van der Waals surface area contributed by atoms with Crippen LogP contribution in [0.5, 0.6) is 5.75 Å². The summed E-state index contributed by atoms with van der Waals surface area (Å²) in [5.41, 5.74) is 2.10. The van der Waals surface area contributed by atoms with Gasteiger partial charge in [0, 0.05) is 6.20 Å². The lowest BCUT2D eigenvalue weighted by Crippen LogP contribution is -2.19. The molecular weight excluding hydrogens is 248 g/mol. The first-order valence-corrected chi connectivity index (χ1v) is 6.13. The van der Waals surface area contributed by atoms with Crippen LogP contribution in [0.1, 0.15) is 17.3 Å². The van der Waals surface area contributed by atoms with Crippen LogP contribution in [0.3, 0.4) is 0 Å². The summed E-state index contributed by atoms with van der Waals surface area (Å²) in [6.07, 6.45) is 2.46. The Bertz CT molecular complexity index is 496. The van der Waals surface area contributed by atoms with Crippen molar-refractivity contribution in [3.05, 3.63) is 58.9 Å². The molecule has 0 amide bonds. The van der Waals surface area contributed by atoms with E-state index < -0.39 is 0 Å². The van der Waals surface area contributed by atoms with Crippen molar-refractivity contribution in [1.29, 1.82) is 0 Å². The average molecular weight is 263 g/mol. The number of phenols is 1. The normalized spacial score (nSPS) is 12.3. The van der Waals surface area contributed by atoms with E-state index in [9.17, 15) is 5.11 Å². The van der Waals surface area contributed by atoms with Gasteiger partial charge in [0.25, 0.3) is 0 Å². The highest BCUT2D eigenvalue weighted by molar-refractivity contribution is 6.30. The first-order valence-electron chi connectivity index (χ1n) is 5.75. The molecule has 0 bridgehead atoms. The molecule has 0 aliphatic heterocycles. The third-order valence-electron chi connectivity index (χ3n) is 2.83. The molecule has 1 aromatic heterocycles. The van der Waals surface area contributed by atoms with Gasteiger partial charge >= 0.3 is 0 Å². The van der Waals surface area contributed by atoms with Crippen molar-refractivity contribution in [2.24, 2.45) is 0 Å². The van der Waals surface area contributed by atoms with Crippen LogP contribution in [0, 0.1) is 0 Å². The van der Waals surface area contributed by atoms with Gasteiger partial charge in [0.05, 0.1) is 16.8 Å². The number of aromatic hydroxyl groups is 1. The van der Waals surface area contributed by atoms with Gasteiger partial charge in [-0.05, 0) is 43.3 Å². The summed E-state index contributed by atoms with van der Waals surface area (Å²) in [6.45, 7) is 0. The maximum atomic E-state index is 9.25. The van der Waals surface area contributed by atoms with Gasteiger partial charge in [-0.3, -0.25) is 4.98 Å². The molecule has 4 heteroatoms. The number of pyridine rings is 1. The van der Waals surface area contributed by atoms with E-state index in [4.69, 9.17) is 11.6 Å². The number of rotatable bonds is 4. The van der Waals surface area contributed by atoms with Crippen LogP contribution in [-0.2, 0) is 6.42 Å². The predicted molar refractivity (Wildman–Crippen MR) is 72.9 cm³/mol. The fraction of sp³-hybridized carbons (Fsp3) is 0.214. The minimum absolute atomic E-state index is 0.131. The van der Waals surface area contributed by atoms with Crippen LogP contribution in [-0.4, -0.2) is 17.1 Å². The number of phenolic OH excluding ortho intramolecular Hbond substituents is 1. The first kappa shape index (κ1) is 12.9. The van der Waals surface area contributed by atoms with Gasteiger partial charge in [0.15, 0.2) is 0 Å². The zero-order chi connectivity index (χ0) is 13.0. The molecule has 0 aliphatic carbocycles. The summed E-state index contributed by atoms with van der Waals surface area (Å²) in [7, 11) is 1.90. The molecule has 1 unspecified atom stereocenters. The molecule has 2 aromatic rings. The van der Waals surface area contributed by atoms with E-state index in [1.54, 1.807) is 18.3 Å². The Morgan fingerprint density at radius 3 is 2.50 bits per heavy atom. The quantitative estimate of drug-likeness (QED) is 0.891. The summed E-state index contributed by atoms with van der Waals surface area (Å²) >= 11 is 5.83. The van der Waals surface area contributed by atoms with Crippen LogP contribution >= 0.6 is 11.6 Å². The van der Waals surface area contributed by atoms with E-state index >= 15 is 0 Å². The molecule has 3 nitrogen and oxygen atoms in total. The molecule has 2 N–H and O–H groups in total. The lowest BCUT2D eigenvalue weighted by molar-refractivity contribution is 0.474. The number of aromatic nitrogens is 1. The number of nitrogens with zero attached hydrogens (tertiary/aromatic N) is 1. The Balaban J connectivity index is 2.14. The topological polar surface area (TPSA) is 45.1 Å². The van der Waals surface area contributed by atoms with Crippen LogP contribution in [0.25, 0.3) is 0 Å². The van der Waals surface area contributed by atoms with Crippen molar-refractivity contribution in [1.82, 2.24) is 10.3 Å². The largest absolute Gasteiger partial charge is 0.508 e. The Morgan fingerprint density at radius 2 is 1.94 bits per heavy atom. The summed E-state index contributed by atoms with van der Waals surface area (Å²) in [6, 6.07) is 11.1. The van der Waals surface area contributed by atoms with E-state index in [1.165, 1.54) is 0 Å². The summed E-state index contributed by atoms with van der Waals surface area (Å²) in [5, 5.41) is 13.1. The minimum atomic E-state index is 0.131. The van der Waals surface area contributed by atoms with Gasteiger partial charge in [-0.2, -0.15) is 0 Å². The van der Waals surface area contributed by atoms with Crippen molar-refractivity contribution < 1.29 is 5.11 Å². The Labute approximate surface area is 111 Å². The highest BCUT2D eigenvalue weighted by Crippen LogP contribution is 2.19. The first-order chi connectivity index (χ1) is 8.69. The molecule has 1 heterocycles. The summed E-state index contributed by atoms with van der Waals surface area (Å²) in [4.78, 5) is 4.32. The van der Waals surface area contributed by atoms with E-state index in [2.05, 4.69) is 10.3 Å². The minimum Gasteiger partial charge on any atom is -0.508 e. The van der Waals surface area contributed by atoms with Crippen molar-refractivity contribution >= 4 is 11.6 Å². The second kappa shape index (κ2) is 5.85. The molecule has 0 saturated carbocycles. The maximum Gasteiger partial charge on any atom is 0.115 e.